The molecular weight excluding hydrogens is 630 g/mol. The molecule has 6 aromatic rings. The smallest absolute Gasteiger partial charge is 0.234 e. The number of halogens is 1. The van der Waals surface area contributed by atoms with Crippen molar-refractivity contribution in [3.8, 4) is 17.1 Å². The molecule has 0 aliphatic carbocycles. The highest BCUT2D eigenvalue weighted by Crippen LogP contribution is 2.46. The fourth-order valence-electron chi connectivity index (χ4n) is 7.69. The Balaban J connectivity index is 0.00000378. The van der Waals surface area contributed by atoms with Crippen LogP contribution in [0.3, 0.4) is 0 Å². The monoisotopic (exact) mass is 669 g/mol. The molecule has 248 valence electrons. The number of hydrogen-bond donors (Lipinski definition) is 1. The van der Waals surface area contributed by atoms with E-state index in [1.54, 1.807) is 0 Å². The number of ether oxygens (including phenoxy) is 1. The van der Waals surface area contributed by atoms with Gasteiger partial charge in [0.2, 0.25) is 11.8 Å². The zero-order valence-electron chi connectivity index (χ0n) is 27.8. The van der Waals surface area contributed by atoms with E-state index in [1.807, 2.05) is 37.1 Å². The summed E-state index contributed by atoms with van der Waals surface area (Å²) >= 11 is 0. The molecule has 2 fully saturated rings. The number of fused-ring (bicyclic) bond motifs is 1. The van der Waals surface area contributed by atoms with Crippen molar-refractivity contribution in [3.63, 3.8) is 0 Å². The van der Waals surface area contributed by atoms with Gasteiger partial charge in [-0.2, -0.15) is 5.10 Å². The second-order valence-corrected chi connectivity index (χ2v) is 13.2. The highest BCUT2D eigenvalue weighted by molar-refractivity contribution is 6.03. The van der Waals surface area contributed by atoms with Crippen molar-refractivity contribution in [2.45, 2.75) is 38.3 Å². The number of nitrogens with zero attached hydrogens (tertiary/aromatic N) is 4. The Bertz CT molecular complexity index is 1960. The first-order valence-corrected chi connectivity index (χ1v) is 16.9. The third kappa shape index (κ3) is 5.47. The average molecular weight is 670 g/mol. The number of anilines is 1. The molecular formula is C41H40ClN5O2. The second kappa shape index (κ2) is 13.1. The first-order valence-electron chi connectivity index (χ1n) is 16.9. The van der Waals surface area contributed by atoms with Crippen LogP contribution in [0, 0.1) is 5.41 Å². The van der Waals surface area contributed by atoms with Gasteiger partial charge in [-0.1, -0.05) is 91.0 Å². The number of carbonyl (C=O) groups excluding carboxylic acids is 1. The lowest BCUT2D eigenvalue weighted by Crippen LogP contribution is -2.38. The summed E-state index contributed by atoms with van der Waals surface area (Å²) < 4.78 is 8.06. The topological polar surface area (TPSA) is 72.3 Å². The Kier molecular flexibility index (Phi) is 8.73. The van der Waals surface area contributed by atoms with Crippen LogP contribution in [0.5, 0.6) is 5.88 Å². The Hall–Kier alpha value is -4.98. The molecule has 0 unspecified atom stereocenters. The van der Waals surface area contributed by atoms with Gasteiger partial charge in [-0.15, -0.1) is 12.4 Å². The minimum Gasteiger partial charge on any atom is -0.475 e. The normalized spacial score (nSPS) is 17.6. The van der Waals surface area contributed by atoms with E-state index in [2.05, 4.69) is 124 Å². The molecule has 4 aromatic carbocycles. The number of hydrogen-bond acceptors (Lipinski definition) is 5. The van der Waals surface area contributed by atoms with Gasteiger partial charge in [-0.05, 0) is 74.2 Å². The van der Waals surface area contributed by atoms with Crippen LogP contribution in [0.1, 0.15) is 43.4 Å². The van der Waals surface area contributed by atoms with E-state index in [9.17, 15) is 4.79 Å². The molecule has 8 rings (SSSR count). The number of aromatic nitrogens is 3. The van der Waals surface area contributed by atoms with Crippen LogP contribution >= 0.6 is 12.4 Å². The number of rotatable bonds is 8. The van der Waals surface area contributed by atoms with E-state index in [1.165, 1.54) is 0 Å². The fourth-order valence-corrected chi connectivity index (χ4v) is 7.69. The Labute approximate surface area is 293 Å². The molecule has 0 bridgehead atoms. The van der Waals surface area contributed by atoms with Crippen molar-refractivity contribution in [2.24, 2.45) is 5.41 Å². The standard InChI is InChI=1S/C41H39N5O2.ClH/c1-29(2)48-37-21-18-30(27-43-37)38-35-26-34(45-25-23-40(39(45)47)22-24-42-28-40)19-20-36(35)46(44-38)41(31-12-6-3-7-13-31,32-14-8-4-9-15-32)33-16-10-5-11-17-33;/h3-21,26-27,29,42H,22-25,28H2,1-2H3;1H/t40-;/m0./s1. The lowest BCUT2D eigenvalue weighted by Gasteiger charge is -2.37. The predicted molar refractivity (Wildman–Crippen MR) is 197 cm³/mol. The highest BCUT2D eigenvalue weighted by Gasteiger charge is 2.49. The molecule has 1 atom stereocenters. The molecule has 4 heterocycles. The van der Waals surface area contributed by atoms with Crippen molar-refractivity contribution < 1.29 is 9.53 Å². The number of pyridine rings is 1. The Morgan fingerprint density at radius 1 is 0.816 bits per heavy atom. The molecule has 2 aromatic heterocycles. The van der Waals surface area contributed by atoms with E-state index in [0.29, 0.717) is 12.4 Å². The van der Waals surface area contributed by atoms with E-state index >= 15 is 0 Å². The third-order valence-electron chi connectivity index (χ3n) is 9.99. The van der Waals surface area contributed by atoms with Crippen molar-refractivity contribution in [1.82, 2.24) is 20.1 Å². The van der Waals surface area contributed by atoms with Crippen molar-refractivity contribution >= 4 is 34.9 Å². The first kappa shape index (κ1) is 32.6. The minimum absolute atomic E-state index is 0. The second-order valence-electron chi connectivity index (χ2n) is 13.2. The van der Waals surface area contributed by atoms with E-state index in [0.717, 1.165) is 70.5 Å². The van der Waals surface area contributed by atoms with Gasteiger partial charge in [0.1, 0.15) is 11.2 Å². The van der Waals surface area contributed by atoms with Gasteiger partial charge >= 0.3 is 0 Å². The van der Waals surface area contributed by atoms with E-state index < -0.39 is 5.54 Å². The van der Waals surface area contributed by atoms with Crippen LogP contribution in [-0.2, 0) is 10.3 Å². The lowest BCUT2D eigenvalue weighted by molar-refractivity contribution is -0.124. The van der Waals surface area contributed by atoms with Crippen LogP contribution in [-0.4, -0.2) is 46.4 Å². The average Bonchev–Trinajstić information content (AvgIpc) is 3.85. The maximum absolute atomic E-state index is 13.9. The van der Waals surface area contributed by atoms with Crippen LogP contribution in [0.2, 0.25) is 0 Å². The molecule has 0 saturated carbocycles. The maximum Gasteiger partial charge on any atom is 0.234 e. The summed E-state index contributed by atoms with van der Waals surface area (Å²) in [6.45, 7) is 6.33. The van der Waals surface area contributed by atoms with Crippen molar-refractivity contribution in [2.75, 3.05) is 24.5 Å². The maximum atomic E-state index is 13.9. The van der Waals surface area contributed by atoms with Gasteiger partial charge in [-0.25, -0.2) is 9.67 Å². The molecule has 7 nitrogen and oxygen atoms in total. The quantitative estimate of drug-likeness (QED) is 0.167. The summed E-state index contributed by atoms with van der Waals surface area (Å²) in [7, 11) is 0. The van der Waals surface area contributed by atoms with E-state index in [4.69, 9.17) is 9.84 Å². The molecule has 2 aliphatic rings. The van der Waals surface area contributed by atoms with Gasteiger partial charge in [0.15, 0.2) is 0 Å². The molecule has 2 aliphatic heterocycles. The Morgan fingerprint density at radius 2 is 1.45 bits per heavy atom. The van der Waals surface area contributed by atoms with E-state index in [-0.39, 0.29) is 29.8 Å². The van der Waals surface area contributed by atoms with Gasteiger partial charge < -0.3 is 15.0 Å². The van der Waals surface area contributed by atoms with Crippen LogP contribution in [0.25, 0.3) is 22.2 Å². The molecule has 1 amide bonds. The third-order valence-corrected chi connectivity index (χ3v) is 9.99. The summed E-state index contributed by atoms with van der Waals surface area (Å²) in [6, 6.07) is 42.1. The number of nitrogens with one attached hydrogen (secondary N) is 1. The van der Waals surface area contributed by atoms with Gasteiger partial charge in [0.25, 0.3) is 0 Å². The van der Waals surface area contributed by atoms with Crippen LogP contribution in [0.15, 0.2) is 128 Å². The Morgan fingerprint density at radius 3 is 1.98 bits per heavy atom. The summed E-state index contributed by atoms with van der Waals surface area (Å²) in [5.74, 6) is 0.786. The highest BCUT2D eigenvalue weighted by atomic mass is 35.5. The number of carbonyl (C=O) groups is 1. The van der Waals surface area contributed by atoms with Crippen molar-refractivity contribution in [1.29, 1.82) is 0 Å². The molecule has 0 radical (unpaired) electrons. The molecule has 49 heavy (non-hydrogen) atoms. The van der Waals surface area contributed by atoms with Crippen LogP contribution < -0.4 is 15.0 Å². The summed E-state index contributed by atoms with van der Waals surface area (Å²) in [5.41, 5.74) is 5.68. The SMILES string of the molecule is CC(C)Oc1ccc(-c2nn(C(c3ccccc3)(c3ccccc3)c3ccccc3)c3ccc(N4CC[C@]5(CCNC5)C4=O)cc23)cn1.Cl. The molecule has 8 heteroatoms. The van der Waals surface area contributed by atoms with Crippen LogP contribution in [0.4, 0.5) is 5.69 Å². The summed E-state index contributed by atoms with van der Waals surface area (Å²) in [6.07, 6.45) is 3.61. The largest absolute Gasteiger partial charge is 0.475 e. The molecule has 2 saturated heterocycles. The first-order chi connectivity index (χ1) is 23.5. The lowest BCUT2D eigenvalue weighted by atomic mass is 9.77. The zero-order valence-corrected chi connectivity index (χ0v) is 28.6. The molecule has 1 spiro atoms. The predicted octanol–water partition coefficient (Wildman–Crippen LogP) is 7.86. The zero-order chi connectivity index (χ0) is 32.7. The minimum atomic E-state index is -0.807. The fraction of sp³-hybridized carbons (Fsp3) is 0.244. The molecule has 1 N–H and O–H groups in total. The van der Waals surface area contributed by atoms with Gasteiger partial charge in [-0.3, -0.25) is 4.79 Å². The van der Waals surface area contributed by atoms with Gasteiger partial charge in [0.05, 0.1) is 17.0 Å². The number of benzene rings is 4. The van der Waals surface area contributed by atoms with Crippen molar-refractivity contribution in [3.05, 3.63) is 144 Å². The van der Waals surface area contributed by atoms with Gasteiger partial charge in [0, 0.05) is 42.0 Å². The number of amides is 1. The summed E-state index contributed by atoms with van der Waals surface area (Å²) in [4.78, 5) is 20.5. The summed E-state index contributed by atoms with van der Waals surface area (Å²) in [5, 5.41) is 9.91.